The van der Waals surface area contributed by atoms with E-state index in [0.29, 0.717) is 11.3 Å². The number of aryl methyl sites for hydroxylation is 1. The van der Waals surface area contributed by atoms with Gasteiger partial charge >= 0.3 is 0 Å². The Morgan fingerprint density at radius 3 is 1.78 bits per heavy atom. The number of pyridine rings is 2. The summed E-state index contributed by atoms with van der Waals surface area (Å²) >= 11 is 0. The number of aromatic hydroxyl groups is 1. The Kier molecular flexibility index (Phi) is 9.61. The fourth-order valence-corrected chi connectivity index (χ4v) is 7.25. The van der Waals surface area contributed by atoms with Gasteiger partial charge in [0.15, 0.2) is 0 Å². The molecule has 0 spiro atoms. The van der Waals surface area contributed by atoms with Gasteiger partial charge in [-0.2, -0.15) is 0 Å². The van der Waals surface area contributed by atoms with Crippen LogP contribution < -0.4 is 0 Å². The van der Waals surface area contributed by atoms with Gasteiger partial charge in [-0.25, -0.2) is 0 Å². The molecule has 0 aliphatic carbocycles. The van der Waals surface area contributed by atoms with Crippen LogP contribution >= 0.6 is 0 Å². The van der Waals surface area contributed by atoms with Crippen LogP contribution in [-0.4, -0.2) is 19.5 Å². The van der Waals surface area contributed by atoms with Crippen LogP contribution in [0.25, 0.3) is 84.1 Å². The predicted molar refractivity (Wildman–Crippen MR) is 216 cm³/mol. The van der Waals surface area contributed by atoms with Crippen LogP contribution in [0.2, 0.25) is 0 Å². The van der Waals surface area contributed by atoms with Gasteiger partial charge in [0.1, 0.15) is 11.4 Å². The molecular formula is C49H34N3OPt-. The molecule has 0 fully saturated rings. The first-order valence-electron chi connectivity index (χ1n) is 17.7. The molecule has 9 aromatic rings. The summed E-state index contributed by atoms with van der Waals surface area (Å²) in [5, 5.41) is 10.9. The SMILES string of the molecule is Cc1ccccc1-c1cc(-c2[c-]c(-c3nc4ccccn4c3-c3c(-c4ccccc4)cccc3-c3ccccc3)ccc2)nc(-c2ccccc2O)c1.[Pt]. The second-order valence-electron chi connectivity index (χ2n) is 13.1. The van der Waals surface area contributed by atoms with Gasteiger partial charge in [-0.05, 0) is 76.2 Å². The molecule has 0 saturated carbocycles. The molecule has 54 heavy (non-hydrogen) atoms. The molecule has 0 unspecified atom stereocenters. The van der Waals surface area contributed by atoms with Crippen molar-refractivity contribution in [1.29, 1.82) is 0 Å². The Morgan fingerprint density at radius 2 is 1.07 bits per heavy atom. The van der Waals surface area contributed by atoms with Gasteiger partial charge in [-0.3, -0.25) is 9.97 Å². The normalized spacial score (nSPS) is 11.0. The van der Waals surface area contributed by atoms with Crippen molar-refractivity contribution < 1.29 is 26.2 Å². The molecule has 3 aromatic heterocycles. The molecule has 4 nitrogen and oxygen atoms in total. The first-order chi connectivity index (χ1) is 26.1. The van der Waals surface area contributed by atoms with Crippen molar-refractivity contribution in [3.05, 3.63) is 194 Å². The Balaban J connectivity index is 0.00000413. The average Bonchev–Trinajstić information content (AvgIpc) is 3.61. The van der Waals surface area contributed by atoms with Gasteiger partial charge in [0.2, 0.25) is 0 Å². The maximum Gasteiger partial charge on any atom is 0.129 e. The molecule has 3 heterocycles. The summed E-state index contributed by atoms with van der Waals surface area (Å²) in [5.74, 6) is 0.186. The largest absolute Gasteiger partial charge is 0.507 e. The smallest absolute Gasteiger partial charge is 0.129 e. The molecule has 6 aromatic carbocycles. The maximum atomic E-state index is 10.9. The van der Waals surface area contributed by atoms with E-state index >= 15 is 0 Å². The van der Waals surface area contributed by atoms with Crippen molar-refractivity contribution >= 4 is 5.65 Å². The van der Waals surface area contributed by atoms with E-state index in [1.54, 1.807) is 6.07 Å². The summed E-state index contributed by atoms with van der Waals surface area (Å²) in [6.45, 7) is 2.11. The molecule has 9 rings (SSSR count). The van der Waals surface area contributed by atoms with E-state index in [9.17, 15) is 5.11 Å². The second kappa shape index (κ2) is 14.9. The summed E-state index contributed by atoms with van der Waals surface area (Å²) < 4.78 is 2.19. The first-order valence-corrected chi connectivity index (χ1v) is 17.7. The van der Waals surface area contributed by atoms with Crippen molar-refractivity contribution in [2.45, 2.75) is 6.92 Å². The van der Waals surface area contributed by atoms with E-state index in [1.807, 2.05) is 36.4 Å². The number of phenolic OH excluding ortho intramolecular Hbond substituents is 1. The number of para-hydroxylation sites is 1. The molecule has 0 bridgehead atoms. The predicted octanol–water partition coefficient (Wildman–Crippen LogP) is 12.2. The van der Waals surface area contributed by atoms with E-state index in [2.05, 4.69) is 157 Å². The standard InChI is InChI=1S/C49H34N3O.Pt/c1-33-16-8-9-23-39(33)38-31-43(50-44(32-38)42-24-10-11-27-45(42)53)36-21-14-22-37(30-36)48-49(52-29-13-12-28-46(52)51-48)47-40(34-17-4-2-5-18-34)25-15-26-41(47)35-19-6-3-7-20-35;/h2-29,31-32,53H,1H3;/q-1;. The quantitative estimate of drug-likeness (QED) is 0.162. The van der Waals surface area contributed by atoms with Gasteiger partial charge in [-0.1, -0.05) is 139 Å². The van der Waals surface area contributed by atoms with Crippen LogP contribution in [-0.2, 0) is 21.1 Å². The molecular weight excluding hydrogens is 842 g/mol. The van der Waals surface area contributed by atoms with E-state index in [1.165, 1.54) is 0 Å². The molecule has 0 radical (unpaired) electrons. The summed E-state index contributed by atoms with van der Waals surface area (Å²) in [6, 6.07) is 63.6. The zero-order valence-corrected chi connectivity index (χ0v) is 31.7. The fourth-order valence-electron chi connectivity index (χ4n) is 7.25. The van der Waals surface area contributed by atoms with Crippen LogP contribution in [0.15, 0.2) is 182 Å². The first kappa shape index (κ1) is 34.7. The molecule has 0 aliphatic heterocycles. The van der Waals surface area contributed by atoms with E-state index in [-0.39, 0.29) is 26.8 Å². The Hall–Kier alpha value is -6.35. The number of nitrogens with zero attached hydrogens (tertiary/aromatic N) is 3. The Morgan fingerprint density at radius 1 is 0.500 bits per heavy atom. The molecule has 0 atom stereocenters. The van der Waals surface area contributed by atoms with Crippen LogP contribution in [0.3, 0.4) is 0 Å². The fraction of sp³-hybridized carbons (Fsp3) is 0.0204. The summed E-state index contributed by atoms with van der Waals surface area (Å²) in [5.41, 5.74) is 15.4. The van der Waals surface area contributed by atoms with Gasteiger partial charge in [-0.15, -0.1) is 24.3 Å². The molecule has 0 amide bonds. The van der Waals surface area contributed by atoms with Gasteiger partial charge in [0.25, 0.3) is 0 Å². The number of imidazole rings is 1. The number of benzene rings is 6. The minimum atomic E-state index is 0. The minimum Gasteiger partial charge on any atom is -0.507 e. The summed E-state index contributed by atoms with van der Waals surface area (Å²) in [7, 11) is 0. The Bertz CT molecular complexity index is 2630. The third-order valence-electron chi connectivity index (χ3n) is 9.79. The minimum absolute atomic E-state index is 0. The average molecular weight is 876 g/mol. The molecule has 0 saturated heterocycles. The van der Waals surface area contributed by atoms with Crippen molar-refractivity contribution in [2.24, 2.45) is 0 Å². The zero-order chi connectivity index (χ0) is 35.7. The van der Waals surface area contributed by atoms with E-state index in [0.717, 1.165) is 78.4 Å². The monoisotopic (exact) mass is 875 g/mol. The van der Waals surface area contributed by atoms with Crippen LogP contribution in [0, 0.1) is 13.0 Å². The third-order valence-corrected chi connectivity index (χ3v) is 9.79. The number of aromatic nitrogens is 3. The molecule has 0 aliphatic rings. The molecule has 1 N–H and O–H groups in total. The molecule has 5 heteroatoms. The summed E-state index contributed by atoms with van der Waals surface area (Å²) in [6.07, 6.45) is 2.09. The number of phenols is 1. The topological polar surface area (TPSA) is 50.4 Å². The van der Waals surface area contributed by atoms with Gasteiger partial charge < -0.3 is 9.51 Å². The number of rotatable bonds is 7. The van der Waals surface area contributed by atoms with E-state index < -0.39 is 0 Å². The Labute approximate surface area is 329 Å². The number of hydrogen-bond donors (Lipinski definition) is 1. The van der Waals surface area contributed by atoms with Crippen molar-refractivity contribution in [3.8, 4) is 84.2 Å². The van der Waals surface area contributed by atoms with Crippen molar-refractivity contribution in [1.82, 2.24) is 14.4 Å². The number of hydrogen-bond acceptors (Lipinski definition) is 3. The summed E-state index contributed by atoms with van der Waals surface area (Å²) in [4.78, 5) is 10.4. The van der Waals surface area contributed by atoms with Crippen LogP contribution in [0.5, 0.6) is 5.75 Å². The van der Waals surface area contributed by atoms with Gasteiger partial charge in [0.05, 0.1) is 5.69 Å². The van der Waals surface area contributed by atoms with Gasteiger partial charge in [0, 0.05) is 55.5 Å². The third kappa shape index (κ3) is 6.46. The van der Waals surface area contributed by atoms with Crippen LogP contribution in [0.1, 0.15) is 5.56 Å². The second-order valence-corrected chi connectivity index (χ2v) is 13.1. The number of fused-ring (bicyclic) bond motifs is 1. The van der Waals surface area contributed by atoms with Crippen LogP contribution in [0.4, 0.5) is 0 Å². The molecule has 262 valence electrons. The van der Waals surface area contributed by atoms with Crippen molar-refractivity contribution in [3.63, 3.8) is 0 Å². The zero-order valence-electron chi connectivity index (χ0n) is 29.4. The van der Waals surface area contributed by atoms with Crippen molar-refractivity contribution in [2.75, 3.05) is 0 Å². The van der Waals surface area contributed by atoms with E-state index in [4.69, 9.17) is 9.97 Å². The maximum absolute atomic E-state index is 10.9.